The largest absolute Gasteiger partial charge is 0.483 e. The summed E-state index contributed by atoms with van der Waals surface area (Å²) in [6.45, 7) is 0.856. The third-order valence-corrected chi connectivity index (χ3v) is 4.06. The highest BCUT2D eigenvalue weighted by Gasteiger charge is 2.32. The fraction of sp³-hybridized carbons (Fsp3) is 0.462. The average molecular weight is 409 g/mol. The van der Waals surface area contributed by atoms with Crippen molar-refractivity contribution in [1.82, 2.24) is 5.32 Å². The highest BCUT2D eigenvalue weighted by atomic mass is 79.9. The van der Waals surface area contributed by atoms with Crippen LogP contribution in [0.4, 0.5) is 0 Å². The fourth-order valence-electron chi connectivity index (χ4n) is 1.79. The number of aliphatic hydroxyl groups is 1. The first-order chi connectivity index (χ1) is 9.48. The van der Waals surface area contributed by atoms with E-state index in [1.54, 1.807) is 6.07 Å². The number of rotatable bonds is 5. The van der Waals surface area contributed by atoms with Gasteiger partial charge in [-0.15, -0.1) is 0 Å². The lowest BCUT2D eigenvalue weighted by atomic mass is 10.0. The van der Waals surface area contributed by atoms with Crippen LogP contribution in [0.15, 0.2) is 27.1 Å². The van der Waals surface area contributed by atoms with Crippen molar-refractivity contribution in [2.75, 3.05) is 26.4 Å². The molecule has 1 aromatic rings. The predicted molar refractivity (Wildman–Crippen MR) is 80.7 cm³/mol. The van der Waals surface area contributed by atoms with E-state index in [1.165, 1.54) is 0 Å². The number of ether oxygens (including phenoxy) is 2. The molecule has 5 nitrogen and oxygen atoms in total. The molecule has 1 aromatic carbocycles. The molecular weight excluding hydrogens is 394 g/mol. The highest BCUT2D eigenvalue weighted by molar-refractivity contribution is 9.11. The Hall–Kier alpha value is -0.630. The summed E-state index contributed by atoms with van der Waals surface area (Å²) in [6.07, 6.45) is 0.534. The molecule has 1 heterocycles. The maximum atomic E-state index is 11.7. The Morgan fingerprint density at radius 2 is 2.30 bits per heavy atom. The summed E-state index contributed by atoms with van der Waals surface area (Å²) in [5.74, 6) is 0.311. The number of hydrogen-bond acceptors (Lipinski definition) is 4. The number of hydrogen-bond donors (Lipinski definition) is 2. The number of halogens is 2. The normalized spacial score (nSPS) is 21.8. The van der Waals surface area contributed by atoms with Gasteiger partial charge in [0, 0.05) is 24.0 Å². The van der Waals surface area contributed by atoms with Crippen molar-refractivity contribution in [3.63, 3.8) is 0 Å². The van der Waals surface area contributed by atoms with E-state index >= 15 is 0 Å². The van der Waals surface area contributed by atoms with Gasteiger partial charge in [-0.05, 0) is 34.1 Å². The fourth-order valence-corrected chi connectivity index (χ4v) is 2.95. The summed E-state index contributed by atoms with van der Waals surface area (Å²) < 4.78 is 12.2. The molecule has 1 aliphatic rings. The minimum atomic E-state index is -0.951. The molecule has 0 aliphatic carbocycles. The lowest BCUT2D eigenvalue weighted by Crippen LogP contribution is -2.44. The summed E-state index contributed by atoms with van der Waals surface area (Å²) >= 11 is 6.70. The van der Waals surface area contributed by atoms with Crippen molar-refractivity contribution in [3.8, 4) is 5.75 Å². The SMILES string of the molecule is O=C(COc1ccc(Br)cc1Br)NCC1(O)CCOC1. The van der Waals surface area contributed by atoms with E-state index in [0.29, 0.717) is 18.8 Å². The van der Waals surface area contributed by atoms with Crippen molar-refractivity contribution in [2.45, 2.75) is 12.0 Å². The quantitative estimate of drug-likeness (QED) is 0.780. The van der Waals surface area contributed by atoms with Gasteiger partial charge in [0.1, 0.15) is 11.4 Å². The molecule has 110 valence electrons. The molecule has 1 amide bonds. The summed E-state index contributed by atoms with van der Waals surface area (Å²) in [6, 6.07) is 5.43. The Morgan fingerprint density at radius 3 is 2.95 bits per heavy atom. The average Bonchev–Trinajstić information content (AvgIpc) is 2.83. The van der Waals surface area contributed by atoms with Crippen LogP contribution in [0.5, 0.6) is 5.75 Å². The highest BCUT2D eigenvalue weighted by Crippen LogP contribution is 2.28. The first kappa shape index (κ1) is 15.8. The molecule has 0 bridgehead atoms. The van der Waals surface area contributed by atoms with E-state index < -0.39 is 5.60 Å². The maximum Gasteiger partial charge on any atom is 0.258 e. The van der Waals surface area contributed by atoms with Gasteiger partial charge in [0.15, 0.2) is 6.61 Å². The van der Waals surface area contributed by atoms with Gasteiger partial charge in [0.25, 0.3) is 5.91 Å². The van der Waals surface area contributed by atoms with E-state index in [-0.39, 0.29) is 25.7 Å². The van der Waals surface area contributed by atoms with Crippen molar-refractivity contribution in [3.05, 3.63) is 27.1 Å². The molecule has 2 rings (SSSR count). The Kier molecular flexibility index (Phi) is 5.42. The van der Waals surface area contributed by atoms with E-state index in [9.17, 15) is 9.90 Å². The second kappa shape index (κ2) is 6.89. The summed E-state index contributed by atoms with van der Waals surface area (Å²) in [5, 5.41) is 12.7. The minimum Gasteiger partial charge on any atom is -0.483 e. The zero-order valence-corrected chi connectivity index (χ0v) is 13.9. The van der Waals surface area contributed by atoms with E-state index in [4.69, 9.17) is 9.47 Å². The standard InChI is InChI=1S/C13H15Br2NO4/c14-9-1-2-11(10(15)5-9)20-6-12(17)16-7-13(18)3-4-19-8-13/h1-2,5,18H,3-4,6-8H2,(H,16,17). The second-order valence-electron chi connectivity index (χ2n) is 4.67. The molecule has 0 radical (unpaired) electrons. The van der Waals surface area contributed by atoms with Gasteiger partial charge >= 0.3 is 0 Å². The van der Waals surface area contributed by atoms with Gasteiger partial charge in [0.2, 0.25) is 0 Å². The molecule has 0 aromatic heterocycles. The molecular formula is C13H15Br2NO4. The van der Waals surface area contributed by atoms with E-state index in [0.717, 1.165) is 8.95 Å². The third-order valence-electron chi connectivity index (χ3n) is 2.95. The lowest BCUT2D eigenvalue weighted by molar-refractivity contribution is -0.124. The molecule has 1 unspecified atom stereocenters. The van der Waals surface area contributed by atoms with Crippen LogP contribution in [0.1, 0.15) is 6.42 Å². The van der Waals surface area contributed by atoms with E-state index in [1.807, 2.05) is 12.1 Å². The molecule has 20 heavy (non-hydrogen) atoms. The molecule has 1 fully saturated rings. The van der Waals surface area contributed by atoms with Crippen LogP contribution in [0.25, 0.3) is 0 Å². The first-order valence-electron chi connectivity index (χ1n) is 6.13. The van der Waals surface area contributed by atoms with Gasteiger partial charge in [-0.1, -0.05) is 15.9 Å². The summed E-state index contributed by atoms with van der Waals surface area (Å²) in [4.78, 5) is 11.7. The van der Waals surface area contributed by atoms with Crippen molar-refractivity contribution in [2.24, 2.45) is 0 Å². The Bertz CT molecular complexity index is 489. The Balaban J connectivity index is 1.77. The Morgan fingerprint density at radius 1 is 1.50 bits per heavy atom. The number of nitrogens with one attached hydrogen (secondary N) is 1. The first-order valence-corrected chi connectivity index (χ1v) is 7.72. The number of benzene rings is 1. The second-order valence-corrected chi connectivity index (χ2v) is 6.44. The molecule has 0 spiro atoms. The van der Waals surface area contributed by atoms with Gasteiger partial charge in [-0.2, -0.15) is 0 Å². The molecule has 1 atom stereocenters. The molecule has 1 aliphatic heterocycles. The minimum absolute atomic E-state index is 0.100. The van der Waals surface area contributed by atoms with Gasteiger partial charge < -0.3 is 19.9 Å². The number of carbonyl (C=O) groups excluding carboxylic acids is 1. The zero-order valence-electron chi connectivity index (χ0n) is 10.7. The van der Waals surface area contributed by atoms with E-state index in [2.05, 4.69) is 37.2 Å². The third kappa shape index (κ3) is 4.44. The molecule has 7 heteroatoms. The van der Waals surface area contributed by atoms with Crippen LogP contribution in [-0.2, 0) is 9.53 Å². The molecule has 1 saturated heterocycles. The number of carbonyl (C=O) groups is 1. The number of amides is 1. The predicted octanol–water partition coefficient (Wildman–Crippen LogP) is 1.86. The van der Waals surface area contributed by atoms with Gasteiger partial charge in [-0.3, -0.25) is 4.79 Å². The van der Waals surface area contributed by atoms with Crippen LogP contribution in [-0.4, -0.2) is 43.0 Å². The van der Waals surface area contributed by atoms with Crippen LogP contribution in [0, 0.1) is 0 Å². The van der Waals surface area contributed by atoms with Crippen LogP contribution in [0.3, 0.4) is 0 Å². The van der Waals surface area contributed by atoms with Crippen LogP contribution >= 0.6 is 31.9 Å². The lowest BCUT2D eigenvalue weighted by Gasteiger charge is -2.20. The monoisotopic (exact) mass is 407 g/mol. The van der Waals surface area contributed by atoms with Crippen molar-refractivity contribution in [1.29, 1.82) is 0 Å². The van der Waals surface area contributed by atoms with Crippen molar-refractivity contribution < 1.29 is 19.4 Å². The van der Waals surface area contributed by atoms with Gasteiger partial charge in [0.05, 0.1) is 11.1 Å². The van der Waals surface area contributed by atoms with Gasteiger partial charge in [-0.25, -0.2) is 0 Å². The summed E-state index contributed by atoms with van der Waals surface area (Å²) in [7, 11) is 0. The summed E-state index contributed by atoms with van der Waals surface area (Å²) in [5.41, 5.74) is -0.951. The van der Waals surface area contributed by atoms with Crippen molar-refractivity contribution >= 4 is 37.8 Å². The Labute approximate surface area is 133 Å². The van der Waals surface area contributed by atoms with Crippen LogP contribution < -0.4 is 10.1 Å². The maximum absolute atomic E-state index is 11.7. The zero-order chi connectivity index (χ0) is 14.6. The smallest absolute Gasteiger partial charge is 0.258 e. The topological polar surface area (TPSA) is 67.8 Å². The molecule has 2 N–H and O–H groups in total. The van der Waals surface area contributed by atoms with Crippen LogP contribution in [0.2, 0.25) is 0 Å². The molecule has 0 saturated carbocycles.